The second kappa shape index (κ2) is 6.04. The van der Waals surface area contributed by atoms with Crippen LogP contribution in [0.3, 0.4) is 0 Å². The van der Waals surface area contributed by atoms with Crippen LogP contribution in [0.4, 0.5) is 0 Å². The summed E-state index contributed by atoms with van der Waals surface area (Å²) in [6.45, 7) is 0. The summed E-state index contributed by atoms with van der Waals surface area (Å²) in [5.74, 6) is 0.119. The number of hydrogen-bond donors (Lipinski definition) is 1. The summed E-state index contributed by atoms with van der Waals surface area (Å²) < 4.78 is 0. The number of benzene rings is 1. The van der Waals surface area contributed by atoms with Gasteiger partial charge in [-0.2, -0.15) is 0 Å². The average molecular weight is 268 g/mol. The number of carbonyl (C=O) groups is 1. The lowest BCUT2D eigenvalue weighted by atomic mass is 9.95. The van der Waals surface area contributed by atoms with Crippen molar-refractivity contribution in [2.24, 2.45) is 0 Å². The van der Waals surface area contributed by atoms with Crippen LogP contribution in [0, 0.1) is 0 Å². The fraction of sp³-hybridized carbons (Fsp3) is 0.412. The molecule has 0 unspecified atom stereocenters. The largest absolute Gasteiger partial charge is 0.353 e. The highest BCUT2D eigenvalue weighted by atomic mass is 16.1. The van der Waals surface area contributed by atoms with Gasteiger partial charge in [0.1, 0.15) is 0 Å². The Hall–Kier alpha value is -1.90. The van der Waals surface area contributed by atoms with Crippen molar-refractivity contribution in [2.75, 3.05) is 0 Å². The van der Waals surface area contributed by atoms with Gasteiger partial charge < -0.3 is 5.32 Å². The first-order valence-electron chi connectivity index (χ1n) is 7.44. The molecule has 1 aliphatic carbocycles. The second-order valence-corrected chi connectivity index (χ2v) is 5.62. The first-order chi connectivity index (χ1) is 9.81. The second-order valence-electron chi connectivity index (χ2n) is 5.62. The van der Waals surface area contributed by atoms with Gasteiger partial charge in [0.2, 0.25) is 5.91 Å². The normalized spacial score (nSPS) is 16.2. The van der Waals surface area contributed by atoms with Crippen LogP contribution in [0.25, 0.3) is 10.9 Å². The number of aromatic nitrogens is 1. The number of nitrogens with one attached hydrogen (secondary N) is 1. The van der Waals surface area contributed by atoms with E-state index < -0.39 is 0 Å². The van der Waals surface area contributed by atoms with Gasteiger partial charge in [-0.15, -0.1) is 0 Å². The van der Waals surface area contributed by atoms with Crippen LogP contribution in [-0.4, -0.2) is 16.9 Å². The molecule has 0 aliphatic heterocycles. The van der Waals surface area contributed by atoms with Crippen LogP contribution in [0.2, 0.25) is 0 Å². The molecule has 0 radical (unpaired) electrons. The molecule has 1 aromatic carbocycles. The predicted octanol–water partition coefficient (Wildman–Crippen LogP) is 3.23. The van der Waals surface area contributed by atoms with Crippen LogP contribution in [-0.2, 0) is 11.2 Å². The molecule has 0 saturated heterocycles. The van der Waals surface area contributed by atoms with E-state index >= 15 is 0 Å². The minimum atomic E-state index is 0.119. The van der Waals surface area contributed by atoms with E-state index in [0.717, 1.165) is 29.3 Å². The van der Waals surface area contributed by atoms with Crippen molar-refractivity contribution in [1.29, 1.82) is 0 Å². The molecular formula is C17H20N2O. The highest BCUT2D eigenvalue weighted by Crippen LogP contribution is 2.18. The summed E-state index contributed by atoms with van der Waals surface area (Å²) in [4.78, 5) is 16.5. The molecular weight excluding hydrogens is 248 g/mol. The fourth-order valence-corrected chi connectivity index (χ4v) is 2.92. The van der Waals surface area contributed by atoms with Crippen molar-refractivity contribution in [1.82, 2.24) is 10.3 Å². The molecule has 0 atom stereocenters. The van der Waals surface area contributed by atoms with Gasteiger partial charge in [-0.25, -0.2) is 0 Å². The molecule has 1 fully saturated rings. The molecule has 1 N–H and O–H groups in total. The number of para-hydroxylation sites is 1. The molecule has 20 heavy (non-hydrogen) atoms. The Morgan fingerprint density at radius 2 is 2.00 bits per heavy atom. The zero-order chi connectivity index (χ0) is 13.8. The lowest BCUT2D eigenvalue weighted by Gasteiger charge is -2.22. The van der Waals surface area contributed by atoms with Gasteiger partial charge in [0.15, 0.2) is 0 Å². The van der Waals surface area contributed by atoms with Gasteiger partial charge in [-0.3, -0.25) is 9.78 Å². The fourth-order valence-electron chi connectivity index (χ4n) is 2.92. The Morgan fingerprint density at radius 1 is 1.20 bits per heavy atom. The molecule has 1 aliphatic rings. The van der Waals surface area contributed by atoms with Gasteiger partial charge in [0.05, 0.1) is 11.9 Å². The molecule has 1 aromatic heterocycles. The van der Waals surface area contributed by atoms with Crippen molar-refractivity contribution in [3.63, 3.8) is 0 Å². The van der Waals surface area contributed by atoms with Gasteiger partial charge in [-0.1, -0.05) is 37.5 Å². The van der Waals surface area contributed by atoms with Gasteiger partial charge >= 0.3 is 0 Å². The summed E-state index contributed by atoms with van der Waals surface area (Å²) in [5.41, 5.74) is 1.96. The van der Waals surface area contributed by atoms with E-state index in [1.54, 1.807) is 0 Å². The molecule has 3 rings (SSSR count). The molecule has 0 spiro atoms. The number of amides is 1. The number of pyridine rings is 1. The van der Waals surface area contributed by atoms with E-state index in [2.05, 4.69) is 16.4 Å². The lowest BCUT2D eigenvalue weighted by Crippen LogP contribution is -2.37. The quantitative estimate of drug-likeness (QED) is 0.928. The zero-order valence-electron chi connectivity index (χ0n) is 11.6. The number of rotatable bonds is 3. The number of nitrogens with zero attached hydrogens (tertiary/aromatic N) is 1. The molecule has 1 heterocycles. The third-order valence-corrected chi connectivity index (χ3v) is 3.98. The molecule has 3 heteroatoms. The highest BCUT2D eigenvalue weighted by Gasteiger charge is 2.15. The standard InChI is InChI=1S/C17H20N2O/c20-17(19-15-7-2-1-3-8-15)11-13-10-14-6-4-5-9-16(14)18-12-13/h4-6,9-10,12,15H,1-3,7-8,11H2,(H,19,20). The third-order valence-electron chi connectivity index (χ3n) is 3.98. The zero-order valence-corrected chi connectivity index (χ0v) is 11.6. The van der Waals surface area contributed by atoms with Crippen LogP contribution in [0.5, 0.6) is 0 Å². The predicted molar refractivity (Wildman–Crippen MR) is 80.5 cm³/mol. The van der Waals surface area contributed by atoms with Crippen LogP contribution >= 0.6 is 0 Å². The molecule has 104 valence electrons. The molecule has 1 amide bonds. The average Bonchev–Trinajstić information content (AvgIpc) is 2.48. The monoisotopic (exact) mass is 268 g/mol. The SMILES string of the molecule is O=C(Cc1cnc2ccccc2c1)NC1CCCCC1. The van der Waals surface area contributed by atoms with E-state index in [1.807, 2.05) is 30.5 Å². The first-order valence-corrected chi connectivity index (χ1v) is 7.44. The number of carbonyl (C=O) groups excluding carboxylic acids is 1. The van der Waals surface area contributed by atoms with E-state index in [9.17, 15) is 4.79 Å². The Balaban J connectivity index is 1.64. The Labute approximate surface area is 119 Å². The van der Waals surface area contributed by atoms with Crippen molar-refractivity contribution in [2.45, 2.75) is 44.6 Å². The minimum Gasteiger partial charge on any atom is -0.353 e. The van der Waals surface area contributed by atoms with Gasteiger partial charge in [0.25, 0.3) is 0 Å². The molecule has 1 saturated carbocycles. The van der Waals surface area contributed by atoms with Crippen molar-refractivity contribution in [3.05, 3.63) is 42.1 Å². The van der Waals surface area contributed by atoms with Gasteiger partial charge in [0, 0.05) is 17.6 Å². The lowest BCUT2D eigenvalue weighted by molar-refractivity contribution is -0.121. The number of fused-ring (bicyclic) bond motifs is 1. The van der Waals surface area contributed by atoms with E-state index in [4.69, 9.17) is 0 Å². The molecule has 2 aromatic rings. The Kier molecular flexibility index (Phi) is 3.95. The van der Waals surface area contributed by atoms with Crippen molar-refractivity contribution >= 4 is 16.8 Å². The molecule has 0 bridgehead atoms. The first kappa shape index (κ1) is 13.1. The highest BCUT2D eigenvalue weighted by molar-refractivity contribution is 5.82. The summed E-state index contributed by atoms with van der Waals surface area (Å²) in [6, 6.07) is 10.4. The summed E-state index contributed by atoms with van der Waals surface area (Å²) in [7, 11) is 0. The maximum absolute atomic E-state index is 12.1. The Morgan fingerprint density at radius 3 is 2.85 bits per heavy atom. The van der Waals surface area contributed by atoms with Gasteiger partial charge in [-0.05, 0) is 30.5 Å². The van der Waals surface area contributed by atoms with Crippen LogP contribution in [0.1, 0.15) is 37.7 Å². The van der Waals surface area contributed by atoms with E-state index in [-0.39, 0.29) is 5.91 Å². The Bertz CT molecular complexity index is 603. The maximum atomic E-state index is 12.1. The maximum Gasteiger partial charge on any atom is 0.224 e. The smallest absolute Gasteiger partial charge is 0.224 e. The topological polar surface area (TPSA) is 42.0 Å². The van der Waals surface area contributed by atoms with E-state index in [1.165, 1.54) is 19.3 Å². The summed E-state index contributed by atoms with van der Waals surface area (Å²) in [5, 5.41) is 4.24. The van der Waals surface area contributed by atoms with Crippen molar-refractivity contribution < 1.29 is 4.79 Å². The minimum absolute atomic E-state index is 0.119. The summed E-state index contributed by atoms with van der Waals surface area (Å²) in [6.07, 6.45) is 8.27. The molecule has 3 nitrogen and oxygen atoms in total. The van der Waals surface area contributed by atoms with Crippen LogP contribution < -0.4 is 5.32 Å². The van der Waals surface area contributed by atoms with E-state index in [0.29, 0.717) is 12.5 Å². The summed E-state index contributed by atoms with van der Waals surface area (Å²) >= 11 is 0. The van der Waals surface area contributed by atoms with Crippen molar-refractivity contribution in [3.8, 4) is 0 Å². The number of hydrogen-bond acceptors (Lipinski definition) is 2. The third kappa shape index (κ3) is 3.16. The van der Waals surface area contributed by atoms with Crippen LogP contribution in [0.15, 0.2) is 36.5 Å².